The van der Waals surface area contributed by atoms with E-state index >= 15 is 0 Å². The maximum Gasteiger partial charge on any atom is 0.236 e. The molecule has 0 spiro atoms. The largest absolute Gasteiger partial charge is 0.340 e. The third-order valence-electron chi connectivity index (χ3n) is 6.33. The summed E-state index contributed by atoms with van der Waals surface area (Å²) in [4.78, 5) is 22.1. The van der Waals surface area contributed by atoms with E-state index in [2.05, 4.69) is 45.0 Å². The molecule has 2 aromatic carbocycles. The zero-order valence-corrected chi connectivity index (χ0v) is 18.3. The second-order valence-corrected chi connectivity index (χ2v) is 8.67. The van der Waals surface area contributed by atoms with Gasteiger partial charge in [-0.2, -0.15) is 0 Å². The van der Waals surface area contributed by atoms with Gasteiger partial charge in [0.2, 0.25) is 5.91 Å². The van der Waals surface area contributed by atoms with E-state index in [1.165, 1.54) is 17.7 Å². The zero-order valence-electron chi connectivity index (χ0n) is 18.3. The Bertz CT molecular complexity index is 821. The van der Waals surface area contributed by atoms with Crippen molar-refractivity contribution >= 4 is 5.91 Å². The van der Waals surface area contributed by atoms with E-state index in [0.29, 0.717) is 6.54 Å². The summed E-state index contributed by atoms with van der Waals surface area (Å²) in [6.07, 6.45) is 0.984. The van der Waals surface area contributed by atoms with Gasteiger partial charge < -0.3 is 4.90 Å². The molecule has 2 heterocycles. The molecule has 0 aromatic heterocycles. The SMILES string of the molecule is O=C(CN1CCN(Cc2ccccc2)CC1)N1CCCN(Cc2ccc(F)cc2)CC1. The van der Waals surface area contributed by atoms with Crippen molar-refractivity contribution in [1.82, 2.24) is 19.6 Å². The summed E-state index contributed by atoms with van der Waals surface area (Å²) in [6, 6.07) is 17.3. The average molecular weight is 425 g/mol. The lowest BCUT2D eigenvalue weighted by Crippen LogP contribution is -2.50. The molecule has 0 unspecified atom stereocenters. The Hall–Kier alpha value is -2.28. The van der Waals surface area contributed by atoms with Gasteiger partial charge in [0.05, 0.1) is 6.54 Å². The van der Waals surface area contributed by atoms with E-state index < -0.39 is 0 Å². The van der Waals surface area contributed by atoms with Crippen LogP contribution in [0.3, 0.4) is 0 Å². The summed E-state index contributed by atoms with van der Waals surface area (Å²) >= 11 is 0. The molecule has 0 saturated carbocycles. The smallest absolute Gasteiger partial charge is 0.236 e. The van der Waals surface area contributed by atoms with Crippen LogP contribution in [-0.2, 0) is 17.9 Å². The van der Waals surface area contributed by atoms with Crippen LogP contribution in [0.4, 0.5) is 4.39 Å². The minimum Gasteiger partial charge on any atom is -0.340 e. The van der Waals surface area contributed by atoms with Crippen molar-refractivity contribution in [2.24, 2.45) is 0 Å². The molecule has 0 atom stereocenters. The van der Waals surface area contributed by atoms with E-state index in [9.17, 15) is 9.18 Å². The van der Waals surface area contributed by atoms with Crippen LogP contribution in [0, 0.1) is 5.82 Å². The maximum atomic E-state index is 13.1. The second-order valence-electron chi connectivity index (χ2n) is 8.67. The van der Waals surface area contributed by atoms with Crippen LogP contribution in [0.15, 0.2) is 54.6 Å². The number of amides is 1. The highest BCUT2D eigenvalue weighted by Gasteiger charge is 2.23. The number of hydrogen-bond acceptors (Lipinski definition) is 4. The van der Waals surface area contributed by atoms with E-state index in [0.717, 1.165) is 77.4 Å². The minimum absolute atomic E-state index is 0.197. The van der Waals surface area contributed by atoms with Crippen LogP contribution in [0.1, 0.15) is 17.5 Å². The Morgan fingerprint density at radius 2 is 1.26 bits per heavy atom. The Balaban J connectivity index is 1.19. The summed E-state index contributed by atoms with van der Waals surface area (Å²) in [6.45, 7) is 9.67. The van der Waals surface area contributed by atoms with Crippen molar-refractivity contribution in [1.29, 1.82) is 0 Å². The van der Waals surface area contributed by atoms with Gasteiger partial charge in [-0.25, -0.2) is 4.39 Å². The minimum atomic E-state index is -0.197. The standard InChI is InChI=1S/C25H33FN4O/c26-24-9-7-23(8-10-24)20-27-11-4-12-30(18-17-27)25(31)21-29-15-13-28(14-16-29)19-22-5-2-1-3-6-22/h1-3,5-10H,4,11-21H2. The first-order chi connectivity index (χ1) is 15.2. The van der Waals surface area contributed by atoms with E-state index in [-0.39, 0.29) is 11.7 Å². The molecule has 2 saturated heterocycles. The van der Waals surface area contributed by atoms with Gasteiger partial charge in [0.1, 0.15) is 5.82 Å². The van der Waals surface area contributed by atoms with Gasteiger partial charge in [-0.1, -0.05) is 42.5 Å². The molecule has 0 N–H and O–H groups in total. The zero-order chi connectivity index (χ0) is 21.5. The van der Waals surface area contributed by atoms with Crippen molar-refractivity contribution in [2.75, 3.05) is 58.9 Å². The number of piperazine rings is 1. The summed E-state index contributed by atoms with van der Waals surface area (Å²) in [5, 5.41) is 0. The summed E-state index contributed by atoms with van der Waals surface area (Å²) in [7, 11) is 0. The van der Waals surface area contributed by atoms with Gasteiger partial charge in [0.15, 0.2) is 0 Å². The normalized spacial score (nSPS) is 19.3. The number of nitrogens with zero attached hydrogens (tertiary/aromatic N) is 4. The first-order valence-electron chi connectivity index (χ1n) is 11.4. The molecule has 31 heavy (non-hydrogen) atoms. The molecule has 1 amide bonds. The summed E-state index contributed by atoms with van der Waals surface area (Å²) < 4.78 is 13.1. The van der Waals surface area contributed by atoms with Crippen molar-refractivity contribution in [2.45, 2.75) is 19.5 Å². The second kappa shape index (κ2) is 10.8. The molecule has 0 radical (unpaired) electrons. The Morgan fingerprint density at radius 3 is 1.97 bits per heavy atom. The van der Waals surface area contributed by atoms with E-state index in [4.69, 9.17) is 0 Å². The fourth-order valence-corrected chi connectivity index (χ4v) is 4.46. The lowest BCUT2D eigenvalue weighted by Gasteiger charge is -2.35. The van der Waals surface area contributed by atoms with Gasteiger partial charge in [-0.15, -0.1) is 0 Å². The van der Waals surface area contributed by atoms with Crippen LogP contribution < -0.4 is 0 Å². The van der Waals surface area contributed by atoms with Crippen molar-refractivity contribution in [3.05, 3.63) is 71.5 Å². The molecule has 5 nitrogen and oxygen atoms in total. The number of carbonyl (C=O) groups excluding carboxylic acids is 1. The Morgan fingerprint density at radius 1 is 0.677 bits per heavy atom. The molecule has 4 rings (SSSR count). The predicted octanol–water partition coefficient (Wildman–Crippen LogP) is 2.68. The summed E-state index contributed by atoms with van der Waals surface area (Å²) in [5.41, 5.74) is 2.47. The van der Waals surface area contributed by atoms with Gasteiger partial charge in [0.25, 0.3) is 0 Å². The fourth-order valence-electron chi connectivity index (χ4n) is 4.46. The lowest BCUT2D eigenvalue weighted by atomic mass is 10.2. The predicted molar refractivity (Wildman–Crippen MR) is 121 cm³/mol. The average Bonchev–Trinajstić information content (AvgIpc) is 3.03. The highest BCUT2D eigenvalue weighted by Crippen LogP contribution is 2.12. The van der Waals surface area contributed by atoms with Crippen molar-refractivity contribution in [3.63, 3.8) is 0 Å². The van der Waals surface area contributed by atoms with E-state index in [1.807, 2.05) is 17.0 Å². The molecular weight excluding hydrogens is 391 g/mol. The van der Waals surface area contributed by atoms with Gasteiger partial charge >= 0.3 is 0 Å². The maximum absolute atomic E-state index is 13.1. The highest BCUT2D eigenvalue weighted by molar-refractivity contribution is 5.78. The molecule has 166 valence electrons. The Kier molecular flexibility index (Phi) is 7.67. The number of benzene rings is 2. The molecule has 0 bridgehead atoms. The number of rotatable bonds is 6. The van der Waals surface area contributed by atoms with Gasteiger partial charge in [-0.05, 0) is 29.7 Å². The molecule has 6 heteroatoms. The number of hydrogen-bond donors (Lipinski definition) is 0. The monoisotopic (exact) mass is 424 g/mol. The first kappa shape index (κ1) is 21.9. The topological polar surface area (TPSA) is 30.0 Å². The molecule has 2 aliphatic heterocycles. The third-order valence-corrected chi connectivity index (χ3v) is 6.33. The van der Waals surface area contributed by atoms with Crippen LogP contribution in [0.2, 0.25) is 0 Å². The van der Waals surface area contributed by atoms with E-state index in [1.54, 1.807) is 0 Å². The molecular formula is C25H33FN4O. The quantitative estimate of drug-likeness (QED) is 0.713. The lowest BCUT2D eigenvalue weighted by molar-refractivity contribution is -0.132. The van der Waals surface area contributed by atoms with Crippen LogP contribution in [-0.4, -0.2) is 84.4 Å². The first-order valence-corrected chi connectivity index (χ1v) is 11.4. The Labute approximate surface area is 185 Å². The van der Waals surface area contributed by atoms with Gasteiger partial charge in [-0.3, -0.25) is 19.5 Å². The van der Waals surface area contributed by atoms with Crippen molar-refractivity contribution < 1.29 is 9.18 Å². The number of carbonyl (C=O) groups is 1. The van der Waals surface area contributed by atoms with Gasteiger partial charge in [0, 0.05) is 65.4 Å². The molecule has 2 aliphatic rings. The third kappa shape index (κ3) is 6.60. The van der Waals surface area contributed by atoms with Crippen molar-refractivity contribution in [3.8, 4) is 0 Å². The highest BCUT2D eigenvalue weighted by atomic mass is 19.1. The molecule has 2 fully saturated rings. The van der Waals surface area contributed by atoms with Crippen LogP contribution >= 0.6 is 0 Å². The molecule has 2 aromatic rings. The molecule has 0 aliphatic carbocycles. The van der Waals surface area contributed by atoms with Crippen LogP contribution in [0.5, 0.6) is 0 Å². The summed E-state index contributed by atoms with van der Waals surface area (Å²) in [5.74, 6) is 0.0532. The fraction of sp³-hybridized carbons (Fsp3) is 0.480. The van der Waals surface area contributed by atoms with Crippen LogP contribution in [0.25, 0.3) is 0 Å². The number of halogens is 1.